The summed E-state index contributed by atoms with van der Waals surface area (Å²) in [5.74, 6) is -2.05. The number of hydrogen-bond acceptors (Lipinski definition) is 2. The van der Waals surface area contributed by atoms with Crippen LogP contribution in [0.5, 0.6) is 0 Å². The molecule has 2 rings (SSSR count). The Bertz CT molecular complexity index is 662. The highest BCUT2D eigenvalue weighted by atomic mass is 35.5. The summed E-state index contributed by atoms with van der Waals surface area (Å²) in [6.45, 7) is 0. The van der Waals surface area contributed by atoms with E-state index in [1.54, 1.807) is 0 Å². The molecule has 2 nitrogen and oxygen atoms in total. The van der Waals surface area contributed by atoms with Gasteiger partial charge in [0.1, 0.15) is 5.69 Å². The van der Waals surface area contributed by atoms with E-state index in [1.807, 2.05) is 0 Å². The van der Waals surface area contributed by atoms with Crippen LogP contribution in [0.1, 0.15) is 5.56 Å². The molecule has 0 aliphatic carbocycles. The van der Waals surface area contributed by atoms with Gasteiger partial charge in [-0.2, -0.15) is 13.2 Å². The minimum atomic E-state index is -4.63. The molecule has 0 saturated carbocycles. The van der Waals surface area contributed by atoms with Crippen LogP contribution in [0.3, 0.4) is 0 Å². The summed E-state index contributed by atoms with van der Waals surface area (Å²) in [6, 6.07) is 4.22. The molecule has 112 valence electrons. The summed E-state index contributed by atoms with van der Waals surface area (Å²) in [4.78, 5) is 0. The fourth-order valence-electron chi connectivity index (χ4n) is 1.68. The topological polar surface area (TPSA) is 38.0 Å². The predicted molar refractivity (Wildman–Crippen MR) is 70.5 cm³/mol. The lowest BCUT2D eigenvalue weighted by molar-refractivity contribution is -0.137. The number of nitrogen functional groups attached to an aromatic ring is 1. The first kappa shape index (κ1) is 15.4. The molecule has 8 heteroatoms. The molecule has 0 aliphatic rings. The van der Waals surface area contributed by atoms with Gasteiger partial charge in [0, 0.05) is 16.4 Å². The van der Waals surface area contributed by atoms with Gasteiger partial charge in [-0.05, 0) is 30.3 Å². The standard InChI is InChI=1S/C13H8ClF5N2/c14-7-1-6(13(17,18)19)2-9(3-7)21-12-10(15)4-8(20)5-11(12)16/h1-5,21H,20H2. The number of hydrogen-bond donors (Lipinski definition) is 2. The van der Waals surface area contributed by atoms with Crippen molar-refractivity contribution in [1.29, 1.82) is 0 Å². The lowest BCUT2D eigenvalue weighted by atomic mass is 10.2. The first-order chi connectivity index (χ1) is 9.66. The van der Waals surface area contributed by atoms with Crippen molar-refractivity contribution < 1.29 is 22.0 Å². The van der Waals surface area contributed by atoms with Crippen molar-refractivity contribution in [2.75, 3.05) is 11.1 Å². The van der Waals surface area contributed by atoms with Gasteiger partial charge in [0.05, 0.1) is 5.56 Å². The monoisotopic (exact) mass is 322 g/mol. The third-order valence-electron chi connectivity index (χ3n) is 2.56. The minimum Gasteiger partial charge on any atom is -0.399 e. The Morgan fingerprint density at radius 1 is 0.952 bits per heavy atom. The average Bonchev–Trinajstić information content (AvgIpc) is 2.32. The van der Waals surface area contributed by atoms with Crippen molar-refractivity contribution in [2.24, 2.45) is 0 Å². The molecule has 0 radical (unpaired) electrons. The highest BCUT2D eigenvalue weighted by Gasteiger charge is 2.31. The maximum absolute atomic E-state index is 13.6. The van der Waals surface area contributed by atoms with Crippen LogP contribution in [0.15, 0.2) is 30.3 Å². The number of halogens is 6. The number of nitrogens with two attached hydrogens (primary N) is 1. The largest absolute Gasteiger partial charge is 0.416 e. The summed E-state index contributed by atoms with van der Waals surface area (Å²) in [5, 5.41) is 2.01. The molecule has 0 heterocycles. The van der Waals surface area contributed by atoms with Gasteiger partial charge in [0.15, 0.2) is 11.6 Å². The fourth-order valence-corrected chi connectivity index (χ4v) is 1.92. The van der Waals surface area contributed by atoms with Gasteiger partial charge in [-0.1, -0.05) is 11.6 Å². The maximum Gasteiger partial charge on any atom is 0.416 e. The molecule has 0 unspecified atom stereocenters. The van der Waals surface area contributed by atoms with Crippen LogP contribution in [0.4, 0.5) is 39.0 Å². The van der Waals surface area contributed by atoms with E-state index in [0.717, 1.165) is 18.2 Å². The van der Waals surface area contributed by atoms with Crippen LogP contribution < -0.4 is 11.1 Å². The summed E-state index contributed by atoms with van der Waals surface area (Å²) < 4.78 is 65.1. The first-order valence-corrected chi connectivity index (χ1v) is 5.94. The number of benzene rings is 2. The summed E-state index contributed by atoms with van der Waals surface area (Å²) in [6.07, 6.45) is -4.63. The van der Waals surface area contributed by atoms with Gasteiger partial charge < -0.3 is 11.1 Å². The second kappa shape index (κ2) is 5.40. The molecule has 0 aliphatic heterocycles. The zero-order valence-electron chi connectivity index (χ0n) is 10.2. The highest BCUT2D eigenvalue weighted by Crippen LogP contribution is 2.35. The Hall–Kier alpha value is -2.02. The number of alkyl halides is 3. The van der Waals surface area contributed by atoms with Crippen molar-refractivity contribution >= 4 is 28.7 Å². The Morgan fingerprint density at radius 3 is 2.05 bits per heavy atom. The summed E-state index contributed by atoms with van der Waals surface area (Å²) >= 11 is 5.58. The van der Waals surface area contributed by atoms with Crippen molar-refractivity contribution in [3.63, 3.8) is 0 Å². The van der Waals surface area contributed by atoms with Crippen LogP contribution in [-0.2, 0) is 6.18 Å². The lowest BCUT2D eigenvalue weighted by Crippen LogP contribution is -2.06. The van der Waals surface area contributed by atoms with Crippen molar-refractivity contribution in [3.05, 3.63) is 52.6 Å². The minimum absolute atomic E-state index is 0.141. The van der Waals surface area contributed by atoms with Crippen LogP contribution in [-0.4, -0.2) is 0 Å². The molecule has 0 saturated heterocycles. The van der Waals surface area contributed by atoms with Gasteiger partial charge in [0.25, 0.3) is 0 Å². The maximum atomic E-state index is 13.6. The highest BCUT2D eigenvalue weighted by molar-refractivity contribution is 6.31. The summed E-state index contributed by atoms with van der Waals surface area (Å²) in [5.41, 5.74) is 3.27. The van der Waals surface area contributed by atoms with Crippen LogP contribution in [0, 0.1) is 11.6 Å². The average molecular weight is 323 g/mol. The fraction of sp³-hybridized carbons (Fsp3) is 0.0769. The molecule has 0 fully saturated rings. The van der Waals surface area contributed by atoms with Gasteiger partial charge in [0.2, 0.25) is 0 Å². The second-order valence-corrected chi connectivity index (χ2v) is 4.65. The summed E-state index contributed by atoms with van der Waals surface area (Å²) in [7, 11) is 0. The third kappa shape index (κ3) is 3.55. The van der Waals surface area contributed by atoms with Crippen LogP contribution >= 0.6 is 11.6 Å². The molecule has 2 aromatic rings. The van der Waals surface area contributed by atoms with Gasteiger partial charge in [-0.15, -0.1) is 0 Å². The third-order valence-corrected chi connectivity index (χ3v) is 2.78. The van der Waals surface area contributed by atoms with Crippen LogP contribution in [0.25, 0.3) is 0 Å². The van der Waals surface area contributed by atoms with E-state index in [9.17, 15) is 22.0 Å². The Kier molecular flexibility index (Phi) is 3.95. The van der Waals surface area contributed by atoms with Crippen molar-refractivity contribution in [3.8, 4) is 0 Å². The van der Waals surface area contributed by atoms with Gasteiger partial charge in [-0.3, -0.25) is 0 Å². The molecular weight excluding hydrogens is 315 g/mol. The molecule has 0 amide bonds. The van der Waals surface area contributed by atoms with E-state index < -0.39 is 29.1 Å². The van der Waals surface area contributed by atoms with E-state index >= 15 is 0 Å². The number of anilines is 3. The molecule has 0 bridgehead atoms. The number of rotatable bonds is 2. The van der Waals surface area contributed by atoms with Gasteiger partial charge >= 0.3 is 6.18 Å². The zero-order chi connectivity index (χ0) is 15.8. The molecule has 2 aromatic carbocycles. The molecule has 0 spiro atoms. The van der Waals surface area contributed by atoms with E-state index in [0.29, 0.717) is 12.1 Å². The molecule has 0 atom stereocenters. The van der Waals surface area contributed by atoms with E-state index in [2.05, 4.69) is 5.32 Å². The van der Waals surface area contributed by atoms with Crippen molar-refractivity contribution in [1.82, 2.24) is 0 Å². The normalized spacial score (nSPS) is 11.5. The van der Waals surface area contributed by atoms with Gasteiger partial charge in [-0.25, -0.2) is 8.78 Å². The SMILES string of the molecule is Nc1cc(F)c(Nc2cc(Cl)cc(C(F)(F)F)c2)c(F)c1. The zero-order valence-corrected chi connectivity index (χ0v) is 11.0. The second-order valence-electron chi connectivity index (χ2n) is 4.21. The molecule has 21 heavy (non-hydrogen) atoms. The van der Waals surface area contributed by atoms with E-state index in [-0.39, 0.29) is 16.4 Å². The first-order valence-electron chi connectivity index (χ1n) is 5.56. The molecule has 0 aromatic heterocycles. The molecular formula is C13H8ClF5N2. The predicted octanol–water partition coefficient (Wildman–Crippen LogP) is 4.96. The van der Waals surface area contributed by atoms with Crippen LogP contribution in [0.2, 0.25) is 5.02 Å². The smallest absolute Gasteiger partial charge is 0.399 e. The molecule has 3 N–H and O–H groups in total. The Labute approximate surface area is 121 Å². The van der Waals surface area contributed by atoms with E-state index in [1.165, 1.54) is 0 Å². The lowest BCUT2D eigenvalue weighted by Gasteiger charge is -2.13. The Balaban J connectivity index is 2.43. The van der Waals surface area contributed by atoms with Crippen molar-refractivity contribution in [2.45, 2.75) is 6.18 Å². The Morgan fingerprint density at radius 2 is 1.52 bits per heavy atom. The number of nitrogens with one attached hydrogen (secondary N) is 1. The quantitative estimate of drug-likeness (QED) is 0.605. The van der Waals surface area contributed by atoms with E-state index in [4.69, 9.17) is 17.3 Å².